The number of aromatic nitrogens is 3. The molecule has 5 rings (SSSR count). The Kier molecular flexibility index (Phi) is 7.18. The molecule has 1 amide bonds. The highest BCUT2D eigenvalue weighted by Crippen LogP contribution is 2.29. The van der Waals surface area contributed by atoms with Crippen molar-refractivity contribution >= 4 is 23.4 Å². The van der Waals surface area contributed by atoms with Crippen LogP contribution in [0.5, 0.6) is 5.75 Å². The first kappa shape index (κ1) is 26.0. The number of nitrogens with one attached hydrogen (secondary N) is 2. The van der Waals surface area contributed by atoms with Gasteiger partial charge in [-0.2, -0.15) is 5.10 Å². The Hall–Kier alpha value is -5.58. The van der Waals surface area contributed by atoms with Crippen LogP contribution in [0.3, 0.4) is 0 Å². The van der Waals surface area contributed by atoms with Crippen molar-refractivity contribution in [3.05, 3.63) is 136 Å². The minimum atomic E-state index is -0.747. The summed E-state index contributed by atoms with van der Waals surface area (Å²) in [6, 6.07) is 13.9. The molecule has 200 valence electrons. The average molecular weight is 542 g/mol. The molecule has 9 nitrogen and oxygen atoms in total. The zero-order chi connectivity index (χ0) is 28.2. The van der Waals surface area contributed by atoms with Gasteiger partial charge in [0.15, 0.2) is 23.5 Å². The van der Waals surface area contributed by atoms with Crippen LogP contribution in [-0.2, 0) is 7.05 Å². The van der Waals surface area contributed by atoms with Gasteiger partial charge in [-0.05, 0) is 60.7 Å². The molecule has 0 fully saturated rings. The second-order valence-electron chi connectivity index (χ2n) is 8.64. The van der Waals surface area contributed by atoms with Gasteiger partial charge in [0, 0.05) is 54.7 Å². The summed E-state index contributed by atoms with van der Waals surface area (Å²) in [5.74, 6) is -1.72. The Morgan fingerprint density at radius 1 is 1.12 bits per heavy atom. The van der Waals surface area contributed by atoms with Gasteiger partial charge in [-0.3, -0.25) is 24.2 Å². The first-order chi connectivity index (χ1) is 19.3. The molecule has 0 unspecified atom stereocenters. The maximum Gasteiger partial charge on any atom is 0.267 e. The molecule has 0 saturated heterocycles. The maximum absolute atomic E-state index is 15.1. The summed E-state index contributed by atoms with van der Waals surface area (Å²) in [5.41, 5.74) is 1.79. The van der Waals surface area contributed by atoms with E-state index in [0.717, 1.165) is 17.3 Å². The Morgan fingerprint density at radius 3 is 2.62 bits per heavy atom. The Bertz CT molecular complexity index is 1770. The molecule has 4 N–H and O–H groups in total. The van der Waals surface area contributed by atoms with Gasteiger partial charge in [0.2, 0.25) is 0 Å². The first-order valence-electron chi connectivity index (χ1n) is 12.0. The van der Waals surface area contributed by atoms with Crippen LogP contribution < -0.4 is 26.3 Å². The van der Waals surface area contributed by atoms with E-state index in [1.165, 1.54) is 65.5 Å². The number of allylic oxidation sites excluding steroid dienone is 3. The fourth-order valence-corrected chi connectivity index (χ4v) is 4.05. The number of nitrogens with zero attached hydrogens (tertiary/aromatic N) is 3. The number of pyridine rings is 1. The lowest BCUT2D eigenvalue weighted by molar-refractivity contribution is -0.104. The molecule has 3 heterocycles. The van der Waals surface area contributed by atoms with Crippen LogP contribution in [0.15, 0.2) is 108 Å². The van der Waals surface area contributed by atoms with Gasteiger partial charge < -0.3 is 15.4 Å². The standard InChI is InChI=1S/C29H22F2N6O3/c1-36-25(11-13-34-36)18-15-27(24(10-12-32)33-17-18)40-26-9-6-20(16-23(26)31)35-28(38)22-3-2-14-37(29(22)39)21-7-4-19(30)5-8-21/h2-17,32-33H,1H3,(H,35,38)/p+1/b24-10-,32-12?. The number of halogens is 2. The largest absolute Gasteiger partial charge is 0.452 e. The molecule has 0 bridgehead atoms. The van der Waals surface area contributed by atoms with E-state index in [9.17, 15) is 14.0 Å². The Balaban J connectivity index is 1.36. The van der Waals surface area contributed by atoms with Crippen LogP contribution >= 0.6 is 0 Å². The number of nitrogens with two attached hydrogens (primary N) is 1. The highest BCUT2D eigenvalue weighted by Gasteiger charge is 2.19. The van der Waals surface area contributed by atoms with Crippen LogP contribution in [-0.4, -0.2) is 26.5 Å². The lowest BCUT2D eigenvalue weighted by Crippen LogP contribution is -2.29. The minimum absolute atomic E-state index is 0.0985. The van der Waals surface area contributed by atoms with E-state index in [1.54, 1.807) is 36.3 Å². The van der Waals surface area contributed by atoms with Crippen molar-refractivity contribution in [1.29, 1.82) is 0 Å². The number of carbonyl (C=O) groups excluding carboxylic acids is 1. The number of anilines is 1. The quantitative estimate of drug-likeness (QED) is 0.311. The summed E-state index contributed by atoms with van der Waals surface area (Å²) in [7, 11) is 1.80. The van der Waals surface area contributed by atoms with Crippen molar-refractivity contribution in [1.82, 2.24) is 19.7 Å². The zero-order valence-electron chi connectivity index (χ0n) is 21.1. The normalized spacial score (nSPS) is 13.7. The predicted molar refractivity (Wildman–Crippen MR) is 145 cm³/mol. The van der Waals surface area contributed by atoms with Crippen molar-refractivity contribution in [2.75, 3.05) is 5.32 Å². The van der Waals surface area contributed by atoms with E-state index in [0.29, 0.717) is 17.1 Å². The SMILES string of the molecule is Cn1nccc1C1=CN/C(=C\C=[NH2+])C(Oc2ccc(NC(=O)c3cccn(-c4ccc(F)cc4)c3=O)cc2F)=C1. The first-order valence-corrected chi connectivity index (χ1v) is 12.0. The van der Waals surface area contributed by atoms with Crippen LogP contribution in [0.4, 0.5) is 14.5 Å². The molecule has 0 saturated carbocycles. The van der Waals surface area contributed by atoms with Crippen LogP contribution in [0, 0.1) is 11.6 Å². The summed E-state index contributed by atoms with van der Waals surface area (Å²) < 4.78 is 37.2. The topological polar surface area (TPSA) is 116 Å². The lowest BCUT2D eigenvalue weighted by atomic mass is 10.1. The molecule has 1 aliphatic rings. The predicted octanol–water partition coefficient (Wildman–Crippen LogP) is 2.72. The number of hydrogen-bond acceptors (Lipinski definition) is 5. The molecular formula is C29H23F2N6O3+. The molecule has 2 aromatic carbocycles. The van der Waals surface area contributed by atoms with Gasteiger partial charge in [-0.1, -0.05) is 0 Å². The number of amides is 1. The minimum Gasteiger partial charge on any atom is -0.452 e. The molecule has 11 heteroatoms. The molecule has 2 aromatic heterocycles. The average Bonchev–Trinajstić information content (AvgIpc) is 3.37. The molecule has 40 heavy (non-hydrogen) atoms. The van der Waals surface area contributed by atoms with Crippen molar-refractivity contribution < 1.29 is 23.7 Å². The van der Waals surface area contributed by atoms with Crippen LogP contribution in [0.1, 0.15) is 16.1 Å². The van der Waals surface area contributed by atoms with Gasteiger partial charge in [0.1, 0.15) is 11.4 Å². The van der Waals surface area contributed by atoms with E-state index in [1.807, 2.05) is 6.07 Å². The van der Waals surface area contributed by atoms with Crippen molar-refractivity contribution in [2.24, 2.45) is 7.05 Å². The molecule has 4 aromatic rings. The van der Waals surface area contributed by atoms with E-state index in [-0.39, 0.29) is 17.0 Å². The summed E-state index contributed by atoms with van der Waals surface area (Å²) in [4.78, 5) is 25.8. The fraction of sp³-hybridized carbons (Fsp3) is 0.0345. The van der Waals surface area contributed by atoms with E-state index in [4.69, 9.17) is 10.1 Å². The number of hydrogen-bond donors (Lipinski definition) is 3. The molecular weight excluding hydrogens is 518 g/mol. The summed E-state index contributed by atoms with van der Waals surface area (Å²) >= 11 is 0. The zero-order valence-corrected chi connectivity index (χ0v) is 21.1. The lowest BCUT2D eigenvalue weighted by Gasteiger charge is -2.19. The molecule has 0 aliphatic carbocycles. The van der Waals surface area contributed by atoms with Crippen molar-refractivity contribution in [3.8, 4) is 11.4 Å². The third kappa shape index (κ3) is 5.34. The number of carbonyl (C=O) groups is 1. The number of ether oxygens (including phenoxy) is 1. The smallest absolute Gasteiger partial charge is 0.267 e. The van der Waals surface area contributed by atoms with Gasteiger partial charge in [-0.15, -0.1) is 0 Å². The molecule has 0 atom stereocenters. The van der Waals surface area contributed by atoms with Crippen molar-refractivity contribution in [2.45, 2.75) is 0 Å². The third-order valence-corrected chi connectivity index (χ3v) is 6.02. The number of dihydropyridines is 1. The van der Waals surface area contributed by atoms with Gasteiger partial charge in [0.05, 0.1) is 11.4 Å². The van der Waals surface area contributed by atoms with Crippen LogP contribution in [0.25, 0.3) is 11.3 Å². The van der Waals surface area contributed by atoms with Crippen LogP contribution in [0.2, 0.25) is 0 Å². The third-order valence-electron chi connectivity index (χ3n) is 6.02. The molecule has 0 spiro atoms. The second kappa shape index (κ2) is 11.0. The number of aryl methyl sites for hydroxylation is 1. The Morgan fingerprint density at radius 2 is 1.93 bits per heavy atom. The molecule has 0 radical (unpaired) electrons. The summed E-state index contributed by atoms with van der Waals surface area (Å²) in [6.45, 7) is 0. The highest BCUT2D eigenvalue weighted by molar-refractivity contribution is 6.04. The highest BCUT2D eigenvalue weighted by atomic mass is 19.1. The Labute approximate surface area is 226 Å². The van der Waals surface area contributed by atoms with Gasteiger partial charge >= 0.3 is 0 Å². The van der Waals surface area contributed by atoms with E-state index < -0.39 is 23.1 Å². The monoisotopic (exact) mass is 541 g/mol. The maximum atomic E-state index is 15.1. The number of benzene rings is 2. The summed E-state index contributed by atoms with van der Waals surface area (Å²) in [5, 5.41) is 15.3. The van der Waals surface area contributed by atoms with Gasteiger partial charge in [0.25, 0.3) is 11.5 Å². The fourth-order valence-electron chi connectivity index (χ4n) is 4.05. The van der Waals surface area contributed by atoms with Crippen molar-refractivity contribution in [3.63, 3.8) is 0 Å². The van der Waals surface area contributed by atoms with E-state index >= 15 is 4.39 Å². The van der Waals surface area contributed by atoms with E-state index in [2.05, 4.69) is 15.7 Å². The second-order valence-corrected chi connectivity index (χ2v) is 8.64. The van der Waals surface area contributed by atoms with Gasteiger partial charge in [-0.25, -0.2) is 8.78 Å². The summed E-state index contributed by atoms with van der Waals surface area (Å²) in [6.07, 6.45) is 9.50. The molecule has 1 aliphatic heterocycles. The number of rotatable bonds is 7.